The molecule has 1 aliphatic rings. The van der Waals surface area contributed by atoms with E-state index in [-0.39, 0.29) is 27.5 Å². The third-order valence-electron chi connectivity index (χ3n) is 5.14. The van der Waals surface area contributed by atoms with Gasteiger partial charge in [-0.15, -0.1) is 10.2 Å². The molecular formula is C20H24F3N5O2S. The van der Waals surface area contributed by atoms with Crippen LogP contribution in [-0.2, 0) is 15.9 Å². The van der Waals surface area contributed by atoms with Crippen LogP contribution in [0.1, 0.15) is 47.3 Å². The van der Waals surface area contributed by atoms with Crippen molar-refractivity contribution in [3.8, 4) is 0 Å². The molecule has 168 valence electrons. The first-order valence-corrected chi connectivity index (χ1v) is 11.8. The van der Waals surface area contributed by atoms with E-state index in [0.717, 1.165) is 25.7 Å². The quantitative estimate of drug-likeness (QED) is 0.709. The van der Waals surface area contributed by atoms with Crippen LogP contribution in [0, 0.1) is 11.7 Å². The molecule has 0 unspecified atom stereocenters. The van der Waals surface area contributed by atoms with E-state index >= 15 is 0 Å². The van der Waals surface area contributed by atoms with Gasteiger partial charge in [0.1, 0.15) is 0 Å². The molecule has 0 saturated carbocycles. The van der Waals surface area contributed by atoms with E-state index < -0.39 is 27.5 Å². The molecule has 1 amide bonds. The predicted octanol–water partition coefficient (Wildman–Crippen LogP) is 4.47. The van der Waals surface area contributed by atoms with E-state index in [4.69, 9.17) is 4.78 Å². The van der Waals surface area contributed by atoms with Crippen molar-refractivity contribution in [2.75, 3.05) is 29.6 Å². The lowest BCUT2D eigenvalue weighted by Crippen LogP contribution is -2.30. The molecule has 7 nitrogen and oxygen atoms in total. The third-order valence-corrected chi connectivity index (χ3v) is 6.29. The van der Waals surface area contributed by atoms with Crippen molar-refractivity contribution in [1.82, 2.24) is 10.2 Å². The molecule has 0 radical (unpaired) electrons. The summed E-state index contributed by atoms with van der Waals surface area (Å²) in [6.45, 7) is 2.37. The van der Waals surface area contributed by atoms with Crippen LogP contribution in [0.2, 0.25) is 0 Å². The van der Waals surface area contributed by atoms with Gasteiger partial charge in [0.25, 0.3) is 5.91 Å². The van der Waals surface area contributed by atoms with Crippen LogP contribution in [0.15, 0.2) is 29.2 Å². The zero-order valence-electron chi connectivity index (χ0n) is 17.3. The number of hydrogen-bond donors (Lipinski definition) is 2. The van der Waals surface area contributed by atoms with Gasteiger partial charge in [-0.2, -0.15) is 13.2 Å². The average molecular weight is 456 g/mol. The van der Waals surface area contributed by atoms with E-state index in [0.29, 0.717) is 13.1 Å². The van der Waals surface area contributed by atoms with Crippen LogP contribution in [0.25, 0.3) is 0 Å². The maximum atomic E-state index is 13.4. The molecule has 2 N–H and O–H groups in total. The van der Waals surface area contributed by atoms with Crippen molar-refractivity contribution in [3.63, 3.8) is 0 Å². The highest BCUT2D eigenvalue weighted by Gasteiger charge is 2.38. The molecule has 11 heteroatoms. The Hall–Kier alpha value is -2.69. The van der Waals surface area contributed by atoms with Gasteiger partial charge in [0, 0.05) is 29.9 Å². The number of nitrogens with zero attached hydrogens (tertiary/aromatic N) is 3. The van der Waals surface area contributed by atoms with Crippen molar-refractivity contribution in [2.45, 2.75) is 43.7 Å². The first-order chi connectivity index (χ1) is 14.5. The fourth-order valence-electron chi connectivity index (χ4n) is 3.56. The first kappa shape index (κ1) is 23.0. The van der Waals surface area contributed by atoms with Crippen LogP contribution in [-0.4, -0.2) is 39.7 Å². The highest BCUT2D eigenvalue weighted by Crippen LogP contribution is 2.34. The third kappa shape index (κ3) is 5.33. The maximum absolute atomic E-state index is 13.4. The fourth-order valence-corrected chi connectivity index (χ4v) is 4.25. The van der Waals surface area contributed by atoms with E-state index in [2.05, 4.69) is 15.5 Å². The summed E-state index contributed by atoms with van der Waals surface area (Å²) in [6, 6.07) is 5.92. The zero-order valence-corrected chi connectivity index (χ0v) is 18.1. The summed E-state index contributed by atoms with van der Waals surface area (Å²) in [5.74, 6) is -0.636. The SMILES string of the molecule is Cc1c(C(F)(F)F)nnc(N2CCCCCC2)c1C(=O)Nc1cccc([S@@](C)(=N)=O)c1. The highest BCUT2D eigenvalue weighted by molar-refractivity contribution is 7.91. The van der Waals surface area contributed by atoms with Gasteiger partial charge in [-0.3, -0.25) is 4.79 Å². The number of rotatable bonds is 4. The van der Waals surface area contributed by atoms with Gasteiger partial charge in [0.15, 0.2) is 11.5 Å². The number of carbonyl (C=O) groups is 1. The van der Waals surface area contributed by atoms with E-state index in [1.54, 1.807) is 4.90 Å². The van der Waals surface area contributed by atoms with Crippen molar-refractivity contribution in [2.24, 2.45) is 0 Å². The van der Waals surface area contributed by atoms with Crippen LogP contribution < -0.4 is 10.2 Å². The monoisotopic (exact) mass is 455 g/mol. The normalized spacial score (nSPS) is 17.0. The Kier molecular flexibility index (Phi) is 6.54. The number of anilines is 2. The Morgan fingerprint density at radius 1 is 1.16 bits per heavy atom. The number of alkyl halides is 3. The summed E-state index contributed by atoms with van der Waals surface area (Å²) < 4.78 is 60.0. The van der Waals surface area contributed by atoms with Crippen molar-refractivity contribution >= 4 is 27.1 Å². The van der Waals surface area contributed by atoms with Gasteiger partial charge < -0.3 is 10.2 Å². The molecular weight excluding hydrogens is 431 g/mol. The van der Waals surface area contributed by atoms with Crippen LogP contribution in [0.4, 0.5) is 24.7 Å². The second-order valence-corrected chi connectivity index (χ2v) is 9.76. The first-order valence-electron chi connectivity index (χ1n) is 9.83. The van der Waals surface area contributed by atoms with Gasteiger partial charge in [-0.05, 0) is 43.5 Å². The highest BCUT2D eigenvalue weighted by atomic mass is 32.2. The molecule has 0 aliphatic carbocycles. The molecule has 1 aromatic heterocycles. The van der Waals surface area contributed by atoms with Gasteiger partial charge in [-0.1, -0.05) is 18.9 Å². The number of carbonyl (C=O) groups excluding carboxylic acids is 1. The average Bonchev–Trinajstić information content (AvgIpc) is 2.95. The molecule has 1 atom stereocenters. The lowest BCUT2D eigenvalue weighted by Gasteiger charge is -2.25. The lowest BCUT2D eigenvalue weighted by atomic mass is 10.1. The topological polar surface area (TPSA) is 99.0 Å². The molecule has 1 aromatic carbocycles. The van der Waals surface area contributed by atoms with Crippen LogP contribution in [0.3, 0.4) is 0 Å². The minimum absolute atomic E-state index is 0.126. The van der Waals surface area contributed by atoms with Gasteiger partial charge in [0.2, 0.25) is 0 Å². The van der Waals surface area contributed by atoms with Gasteiger partial charge in [0.05, 0.1) is 15.3 Å². The number of halogens is 3. The van der Waals surface area contributed by atoms with Gasteiger partial charge >= 0.3 is 6.18 Å². The minimum Gasteiger partial charge on any atom is -0.354 e. The second-order valence-electron chi connectivity index (χ2n) is 7.60. The summed E-state index contributed by atoms with van der Waals surface area (Å²) in [5.41, 5.74) is -1.45. The molecule has 0 bridgehead atoms. The number of benzene rings is 1. The fraction of sp³-hybridized carbons (Fsp3) is 0.450. The maximum Gasteiger partial charge on any atom is 0.435 e. The number of nitrogens with one attached hydrogen (secondary N) is 2. The molecule has 1 fully saturated rings. The van der Waals surface area contributed by atoms with E-state index in [9.17, 15) is 22.2 Å². The predicted molar refractivity (Wildman–Crippen MR) is 112 cm³/mol. The summed E-state index contributed by atoms with van der Waals surface area (Å²) in [7, 11) is -3.02. The Balaban J connectivity index is 2.05. The van der Waals surface area contributed by atoms with Gasteiger partial charge in [-0.25, -0.2) is 8.99 Å². The summed E-state index contributed by atoms with van der Waals surface area (Å²) in [6.07, 6.45) is 0.196. The lowest BCUT2D eigenvalue weighted by molar-refractivity contribution is -0.142. The van der Waals surface area contributed by atoms with E-state index in [1.807, 2.05) is 0 Å². The largest absolute Gasteiger partial charge is 0.435 e. The number of hydrogen-bond acceptors (Lipinski definition) is 6. The van der Waals surface area contributed by atoms with Crippen molar-refractivity contribution in [1.29, 1.82) is 4.78 Å². The molecule has 2 heterocycles. The molecule has 2 aromatic rings. The second kappa shape index (κ2) is 8.81. The molecule has 31 heavy (non-hydrogen) atoms. The Bertz CT molecular complexity index is 1080. The molecule has 1 saturated heterocycles. The van der Waals surface area contributed by atoms with Crippen LogP contribution >= 0.6 is 0 Å². The molecule has 3 rings (SSSR count). The standard InChI is InChI=1S/C20H24F3N5O2S/c1-13-16(19(29)25-14-8-7-9-15(12-14)31(2,24)30)18(27-26-17(13)20(21,22)23)28-10-5-3-4-6-11-28/h7-9,12,24H,3-6,10-11H2,1-2H3,(H,25,29)/t31-/m0/s1. The Morgan fingerprint density at radius 3 is 2.39 bits per heavy atom. The Labute approximate surface area is 179 Å². The number of aromatic nitrogens is 2. The van der Waals surface area contributed by atoms with Crippen molar-refractivity contribution in [3.05, 3.63) is 41.1 Å². The molecule has 1 aliphatic heterocycles. The summed E-state index contributed by atoms with van der Waals surface area (Å²) in [4.78, 5) is 15.1. The zero-order chi connectivity index (χ0) is 22.8. The summed E-state index contributed by atoms with van der Waals surface area (Å²) >= 11 is 0. The van der Waals surface area contributed by atoms with E-state index in [1.165, 1.54) is 37.4 Å². The number of amides is 1. The Morgan fingerprint density at radius 2 is 1.81 bits per heavy atom. The van der Waals surface area contributed by atoms with Crippen LogP contribution in [0.5, 0.6) is 0 Å². The molecule has 0 spiro atoms. The van der Waals surface area contributed by atoms with Crippen molar-refractivity contribution < 1.29 is 22.2 Å². The smallest absolute Gasteiger partial charge is 0.354 e. The minimum atomic E-state index is -4.75. The summed E-state index contributed by atoms with van der Waals surface area (Å²) in [5, 5.41) is 9.78.